The number of aromatic nitrogens is 2. The fourth-order valence-corrected chi connectivity index (χ4v) is 3.16. The minimum Gasteiger partial charge on any atom is -0.388 e. The van der Waals surface area contributed by atoms with Gasteiger partial charge in [-0.25, -0.2) is 4.98 Å². The van der Waals surface area contributed by atoms with Gasteiger partial charge in [-0.15, -0.1) is 0 Å². The van der Waals surface area contributed by atoms with Gasteiger partial charge in [0, 0.05) is 24.0 Å². The van der Waals surface area contributed by atoms with Crippen LogP contribution in [0.1, 0.15) is 5.56 Å². The van der Waals surface area contributed by atoms with E-state index in [1.165, 1.54) is 6.07 Å². The average Bonchev–Trinajstić information content (AvgIpc) is 3.11. The zero-order chi connectivity index (χ0) is 19.0. The van der Waals surface area contributed by atoms with Crippen LogP contribution in [0.2, 0.25) is 0 Å². The molecule has 0 saturated carbocycles. The van der Waals surface area contributed by atoms with Crippen LogP contribution in [-0.4, -0.2) is 16.6 Å². The molecule has 0 bridgehead atoms. The zero-order valence-electron chi connectivity index (χ0n) is 14.5. The Balaban J connectivity index is 2.05. The summed E-state index contributed by atoms with van der Waals surface area (Å²) in [5.41, 5.74) is 3.07. The number of anilines is 1. The van der Waals surface area contributed by atoms with Crippen molar-refractivity contribution in [3.05, 3.63) is 78.6 Å². The normalized spacial score (nSPS) is 11.7. The summed E-state index contributed by atoms with van der Waals surface area (Å²) in [6.45, 7) is 0. The first-order chi connectivity index (χ1) is 13.0. The molecule has 1 N–H and O–H groups in total. The van der Waals surface area contributed by atoms with Crippen LogP contribution in [0.3, 0.4) is 0 Å². The lowest BCUT2D eigenvalue weighted by molar-refractivity contribution is -0.137. The molecule has 1 heterocycles. The SMILES string of the molecule is CNc1cccc(-c2cc(C(F)(F)F)cc3ncn(-c4ccccc4)c23)c1. The highest BCUT2D eigenvalue weighted by Gasteiger charge is 2.32. The van der Waals surface area contributed by atoms with Gasteiger partial charge in [-0.05, 0) is 42.0 Å². The third-order valence-corrected chi connectivity index (χ3v) is 4.47. The molecule has 0 fully saturated rings. The lowest BCUT2D eigenvalue weighted by Gasteiger charge is -2.14. The lowest BCUT2D eigenvalue weighted by atomic mass is 10.00. The van der Waals surface area contributed by atoms with E-state index in [1.54, 1.807) is 19.4 Å². The molecule has 1 aromatic heterocycles. The zero-order valence-corrected chi connectivity index (χ0v) is 14.5. The number of imidazole rings is 1. The molecule has 4 aromatic rings. The molecule has 3 nitrogen and oxygen atoms in total. The molecule has 3 aromatic carbocycles. The molecule has 0 aliphatic heterocycles. The number of nitrogens with zero attached hydrogens (tertiary/aromatic N) is 2. The third-order valence-electron chi connectivity index (χ3n) is 4.47. The van der Waals surface area contributed by atoms with Crippen molar-refractivity contribution in [3.63, 3.8) is 0 Å². The Labute approximate surface area is 154 Å². The average molecular weight is 367 g/mol. The molecule has 27 heavy (non-hydrogen) atoms. The molecular weight excluding hydrogens is 351 g/mol. The molecule has 0 amide bonds. The van der Waals surface area contributed by atoms with Gasteiger partial charge in [-0.1, -0.05) is 30.3 Å². The predicted molar refractivity (Wildman–Crippen MR) is 101 cm³/mol. The standard InChI is InChI=1S/C21H16F3N3/c1-25-16-7-5-6-14(10-16)18-11-15(21(22,23)24)12-19-20(18)27(13-26-19)17-8-3-2-4-9-17/h2-13,25H,1H3. The van der Waals surface area contributed by atoms with E-state index in [4.69, 9.17) is 0 Å². The molecule has 0 saturated heterocycles. The fourth-order valence-electron chi connectivity index (χ4n) is 3.16. The van der Waals surface area contributed by atoms with Crippen molar-refractivity contribution in [3.8, 4) is 16.8 Å². The molecule has 136 valence electrons. The van der Waals surface area contributed by atoms with Crippen molar-refractivity contribution in [2.45, 2.75) is 6.18 Å². The molecule has 0 radical (unpaired) electrons. The number of hydrogen-bond donors (Lipinski definition) is 1. The van der Waals surface area contributed by atoms with Gasteiger partial charge in [-0.2, -0.15) is 13.2 Å². The Bertz CT molecular complexity index is 1100. The van der Waals surface area contributed by atoms with Crippen LogP contribution < -0.4 is 5.32 Å². The highest BCUT2D eigenvalue weighted by atomic mass is 19.4. The molecule has 0 spiro atoms. The van der Waals surface area contributed by atoms with E-state index in [1.807, 2.05) is 53.1 Å². The van der Waals surface area contributed by atoms with Gasteiger partial charge in [0.05, 0.1) is 16.6 Å². The topological polar surface area (TPSA) is 29.9 Å². The summed E-state index contributed by atoms with van der Waals surface area (Å²) in [6, 6.07) is 19.0. The second kappa shape index (κ2) is 6.46. The number of benzene rings is 3. The van der Waals surface area contributed by atoms with E-state index in [9.17, 15) is 13.2 Å². The lowest BCUT2D eigenvalue weighted by Crippen LogP contribution is -2.05. The van der Waals surface area contributed by atoms with Crippen LogP contribution >= 0.6 is 0 Å². The molecule has 6 heteroatoms. The number of hydrogen-bond acceptors (Lipinski definition) is 2. The Morgan fingerprint density at radius 2 is 1.70 bits per heavy atom. The third kappa shape index (κ3) is 3.14. The van der Waals surface area contributed by atoms with E-state index < -0.39 is 11.7 Å². The second-order valence-corrected chi connectivity index (χ2v) is 6.17. The summed E-state index contributed by atoms with van der Waals surface area (Å²) in [7, 11) is 1.77. The van der Waals surface area contributed by atoms with Gasteiger partial charge in [-0.3, -0.25) is 4.57 Å². The summed E-state index contributed by atoms with van der Waals surface area (Å²) in [6.07, 6.45) is -2.88. The number of rotatable bonds is 3. The van der Waals surface area contributed by atoms with Crippen LogP contribution in [0.5, 0.6) is 0 Å². The summed E-state index contributed by atoms with van der Waals surface area (Å²) in [5, 5.41) is 3.03. The highest BCUT2D eigenvalue weighted by Crippen LogP contribution is 2.38. The van der Waals surface area contributed by atoms with E-state index in [0.29, 0.717) is 22.2 Å². The Hall–Kier alpha value is -3.28. The quantitative estimate of drug-likeness (QED) is 0.499. The summed E-state index contributed by atoms with van der Waals surface area (Å²) >= 11 is 0. The van der Waals surface area contributed by atoms with Crippen LogP contribution in [0.4, 0.5) is 18.9 Å². The van der Waals surface area contributed by atoms with Crippen molar-refractivity contribution in [2.75, 3.05) is 12.4 Å². The largest absolute Gasteiger partial charge is 0.416 e. The van der Waals surface area contributed by atoms with Gasteiger partial charge >= 0.3 is 6.18 Å². The predicted octanol–water partition coefficient (Wildman–Crippen LogP) is 5.75. The van der Waals surface area contributed by atoms with Crippen LogP contribution in [-0.2, 0) is 6.18 Å². The Kier molecular flexibility index (Phi) is 4.11. The molecule has 0 aliphatic carbocycles. The van der Waals surface area contributed by atoms with Crippen LogP contribution in [0.25, 0.3) is 27.8 Å². The number of nitrogens with one attached hydrogen (secondary N) is 1. The van der Waals surface area contributed by atoms with Gasteiger partial charge in [0.15, 0.2) is 0 Å². The minimum absolute atomic E-state index is 0.304. The monoisotopic (exact) mass is 367 g/mol. The molecular formula is C21H16F3N3. The molecule has 4 rings (SSSR count). The van der Waals surface area contributed by atoms with Crippen molar-refractivity contribution < 1.29 is 13.2 Å². The molecule has 0 atom stereocenters. The maximum Gasteiger partial charge on any atom is 0.416 e. The maximum absolute atomic E-state index is 13.4. The number of fused-ring (bicyclic) bond motifs is 1. The van der Waals surface area contributed by atoms with E-state index in [0.717, 1.165) is 17.4 Å². The van der Waals surface area contributed by atoms with Gasteiger partial charge < -0.3 is 5.32 Å². The van der Waals surface area contributed by atoms with Crippen LogP contribution in [0, 0.1) is 0 Å². The first kappa shape index (κ1) is 17.1. The first-order valence-electron chi connectivity index (χ1n) is 8.39. The maximum atomic E-state index is 13.4. The Morgan fingerprint density at radius 3 is 2.41 bits per heavy atom. The summed E-state index contributed by atoms with van der Waals surface area (Å²) in [4.78, 5) is 4.25. The Morgan fingerprint density at radius 1 is 0.926 bits per heavy atom. The van der Waals surface area contributed by atoms with Crippen molar-refractivity contribution in [1.82, 2.24) is 9.55 Å². The minimum atomic E-state index is -4.44. The smallest absolute Gasteiger partial charge is 0.388 e. The number of para-hydroxylation sites is 1. The highest BCUT2D eigenvalue weighted by molar-refractivity contribution is 5.94. The van der Waals surface area contributed by atoms with Crippen molar-refractivity contribution in [2.24, 2.45) is 0 Å². The van der Waals surface area contributed by atoms with E-state index in [-0.39, 0.29) is 0 Å². The van der Waals surface area contributed by atoms with Crippen molar-refractivity contribution >= 4 is 16.7 Å². The first-order valence-corrected chi connectivity index (χ1v) is 8.39. The van der Waals surface area contributed by atoms with Gasteiger partial charge in [0.25, 0.3) is 0 Å². The number of alkyl halides is 3. The molecule has 0 aliphatic rings. The summed E-state index contributed by atoms with van der Waals surface area (Å²) < 4.78 is 42.1. The number of halogens is 3. The summed E-state index contributed by atoms with van der Waals surface area (Å²) in [5.74, 6) is 0. The fraction of sp³-hybridized carbons (Fsp3) is 0.0952. The second-order valence-electron chi connectivity index (χ2n) is 6.17. The van der Waals surface area contributed by atoms with Gasteiger partial charge in [0.1, 0.15) is 6.33 Å². The van der Waals surface area contributed by atoms with E-state index in [2.05, 4.69) is 10.3 Å². The van der Waals surface area contributed by atoms with Gasteiger partial charge in [0.2, 0.25) is 0 Å². The van der Waals surface area contributed by atoms with Crippen molar-refractivity contribution in [1.29, 1.82) is 0 Å². The van der Waals surface area contributed by atoms with E-state index >= 15 is 0 Å². The van der Waals surface area contributed by atoms with Crippen LogP contribution in [0.15, 0.2) is 73.1 Å². The molecule has 0 unspecified atom stereocenters.